The lowest BCUT2D eigenvalue weighted by atomic mass is 10.3. The first-order valence-corrected chi connectivity index (χ1v) is 11.5. The highest BCUT2D eigenvalue weighted by Crippen LogP contribution is 2.22. The van der Waals surface area contributed by atoms with Crippen LogP contribution < -0.4 is 10.6 Å². The van der Waals surface area contributed by atoms with E-state index in [0.29, 0.717) is 34.9 Å². The summed E-state index contributed by atoms with van der Waals surface area (Å²) in [6.45, 7) is 9.76. The molecule has 0 spiro atoms. The third-order valence-corrected chi connectivity index (χ3v) is 6.02. The summed E-state index contributed by atoms with van der Waals surface area (Å²) in [6.07, 6.45) is 3.27. The fraction of sp³-hybridized carbons (Fsp3) is 0.476. The summed E-state index contributed by atoms with van der Waals surface area (Å²) in [5, 5.41) is 13.5. The van der Waals surface area contributed by atoms with Crippen molar-refractivity contribution in [3.8, 4) is 16.6 Å². The minimum atomic E-state index is -0.0602. The van der Waals surface area contributed by atoms with Crippen LogP contribution in [0.5, 0.6) is 0 Å². The number of nitrogens with zero attached hydrogens (tertiary/aromatic N) is 6. The Bertz CT molecular complexity index is 1030. The van der Waals surface area contributed by atoms with E-state index in [4.69, 9.17) is 0 Å². The number of carbonyl (C=O) groups excluding carboxylic acids is 1. The molecule has 0 saturated carbocycles. The highest BCUT2D eigenvalue weighted by atomic mass is 32.1. The molecule has 31 heavy (non-hydrogen) atoms. The standard InChI is InChI=1S/C21H28N8OS/c1-4-22-16-5-8-28(13-16)9-6-19(30)24-17-12-18(29-15(3)11-14(2)27-29)26-20(25-17)21-23-7-10-31-21/h7,10-12,16,22H,4-6,8-9,13H2,1-3H3,(H,24,25,26,30)/t16-/m1/s1. The molecule has 1 aliphatic heterocycles. The first kappa shape index (κ1) is 21.5. The Kier molecular flexibility index (Phi) is 6.69. The number of hydrogen-bond donors (Lipinski definition) is 2. The van der Waals surface area contributed by atoms with Crippen molar-refractivity contribution in [2.45, 2.75) is 39.7 Å². The largest absolute Gasteiger partial charge is 0.313 e. The topological polar surface area (TPSA) is 101 Å². The van der Waals surface area contributed by atoms with E-state index in [9.17, 15) is 4.79 Å². The van der Waals surface area contributed by atoms with Crippen LogP contribution in [0.25, 0.3) is 16.6 Å². The molecular weight excluding hydrogens is 412 g/mol. The Labute approximate surface area is 185 Å². The summed E-state index contributed by atoms with van der Waals surface area (Å²) < 4.78 is 1.76. The summed E-state index contributed by atoms with van der Waals surface area (Å²) in [6, 6.07) is 4.27. The molecule has 4 rings (SSSR count). The van der Waals surface area contributed by atoms with Crippen molar-refractivity contribution in [2.75, 3.05) is 31.5 Å². The molecule has 1 fully saturated rings. The molecule has 0 aliphatic carbocycles. The van der Waals surface area contributed by atoms with E-state index in [1.165, 1.54) is 11.3 Å². The van der Waals surface area contributed by atoms with Gasteiger partial charge in [-0.25, -0.2) is 19.6 Å². The number of aromatic nitrogens is 5. The number of thiazole rings is 1. The van der Waals surface area contributed by atoms with Gasteiger partial charge < -0.3 is 15.5 Å². The first-order chi connectivity index (χ1) is 15.0. The van der Waals surface area contributed by atoms with E-state index in [2.05, 4.69) is 42.5 Å². The number of rotatable bonds is 8. The molecule has 0 bridgehead atoms. The molecule has 164 valence electrons. The second kappa shape index (κ2) is 9.63. The Morgan fingerprint density at radius 2 is 2.16 bits per heavy atom. The van der Waals surface area contributed by atoms with E-state index < -0.39 is 0 Å². The Balaban J connectivity index is 1.48. The van der Waals surface area contributed by atoms with Gasteiger partial charge in [0.05, 0.1) is 5.69 Å². The molecule has 1 aliphatic rings. The molecule has 0 radical (unpaired) electrons. The van der Waals surface area contributed by atoms with Gasteiger partial charge in [-0.1, -0.05) is 6.92 Å². The number of nitrogens with one attached hydrogen (secondary N) is 2. The summed E-state index contributed by atoms with van der Waals surface area (Å²) >= 11 is 1.46. The summed E-state index contributed by atoms with van der Waals surface area (Å²) in [5.41, 5.74) is 1.86. The Morgan fingerprint density at radius 3 is 2.87 bits per heavy atom. The molecule has 4 heterocycles. The minimum Gasteiger partial charge on any atom is -0.313 e. The Morgan fingerprint density at radius 1 is 1.29 bits per heavy atom. The van der Waals surface area contributed by atoms with Crippen LogP contribution >= 0.6 is 11.3 Å². The summed E-state index contributed by atoms with van der Waals surface area (Å²) in [4.78, 5) is 28.5. The molecule has 1 saturated heterocycles. The van der Waals surface area contributed by atoms with E-state index >= 15 is 0 Å². The van der Waals surface area contributed by atoms with Crippen molar-refractivity contribution >= 4 is 23.1 Å². The number of aryl methyl sites for hydroxylation is 2. The number of likely N-dealkylation sites (N-methyl/N-ethyl adjacent to an activating group) is 1. The zero-order chi connectivity index (χ0) is 21.8. The van der Waals surface area contributed by atoms with Crippen LogP contribution in [-0.2, 0) is 4.79 Å². The van der Waals surface area contributed by atoms with Gasteiger partial charge in [0.2, 0.25) is 5.91 Å². The number of likely N-dealkylation sites (tertiary alicyclic amines) is 1. The average Bonchev–Trinajstić information content (AvgIpc) is 3.48. The van der Waals surface area contributed by atoms with Crippen molar-refractivity contribution < 1.29 is 4.79 Å². The molecule has 9 nitrogen and oxygen atoms in total. The van der Waals surface area contributed by atoms with Crippen molar-refractivity contribution in [1.82, 2.24) is 34.9 Å². The predicted molar refractivity (Wildman–Crippen MR) is 122 cm³/mol. The molecular formula is C21H28N8OS. The van der Waals surface area contributed by atoms with Crippen LogP contribution in [0, 0.1) is 13.8 Å². The van der Waals surface area contributed by atoms with Crippen LogP contribution in [0.1, 0.15) is 31.2 Å². The molecule has 0 aromatic carbocycles. The van der Waals surface area contributed by atoms with Gasteiger partial charge in [0.1, 0.15) is 5.82 Å². The third-order valence-electron chi connectivity index (χ3n) is 5.25. The zero-order valence-electron chi connectivity index (χ0n) is 18.1. The van der Waals surface area contributed by atoms with Gasteiger partial charge >= 0.3 is 0 Å². The molecule has 0 unspecified atom stereocenters. The monoisotopic (exact) mass is 440 g/mol. The van der Waals surface area contributed by atoms with Crippen molar-refractivity contribution in [1.29, 1.82) is 0 Å². The van der Waals surface area contributed by atoms with Crippen LogP contribution in [-0.4, -0.2) is 67.8 Å². The number of carbonyl (C=O) groups is 1. The van der Waals surface area contributed by atoms with Gasteiger partial charge in [0.15, 0.2) is 16.6 Å². The van der Waals surface area contributed by atoms with Crippen molar-refractivity contribution in [3.63, 3.8) is 0 Å². The molecule has 3 aromatic heterocycles. The SMILES string of the molecule is CCN[C@@H]1CCN(CCC(=O)Nc2cc(-n3nc(C)cc3C)nc(-c3nccs3)n2)C1. The number of amides is 1. The lowest BCUT2D eigenvalue weighted by Crippen LogP contribution is -2.33. The van der Waals surface area contributed by atoms with E-state index in [-0.39, 0.29) is 5.91 Å². The van der Waals surface area contributed by atoms with Gasteiger partial charge in [-0.3, -0.25) is 4.79 Å². The van der Waals surface area contributed by atoms with E-state index in [1.54, 1.807) is 16.9 Å². The first-order valence-electron chi connectivity index (χ1n) is 10.6. The predicted octanol–water partition coefficient (Wildman–Crippen LogP) is 2.42. The Hall–Kier alpha value is -2.69. The van der Waals surface area contributed by atoms with Crippen LogP contribution in [0.2, 0.25) is 0 Å². The van der Waals surface area contributed by atoms with E-state index in [0.717, 1.165) is 44.0 Å². The maximum Gasteiger partial charge on any atom is 0.226 e. The normalized spacial score (nSPS) is 16.7. The molecule has 10 heteroatoms. The zero-order valence-corrected chi connectivity index (χ0v) is 18.9. The van der Waals surface area contributed by atoms with Gasteiger partial charge in [0.25, 0.3) is 0 Å². The lowest BCUT2D eigenvalue weighted by Gasteiger charge is -2.16. The molecule has 1 amide bonds. The highest BCUT2D eigenvalue weighted by molar-refractivity contribution is 7.13. The minimum absolute atomic E-state index is 0.0602. The lowest BCUT2D eigenvalue weighted by molar-refractivity contribution is -0.116. The van der Waals surface area contributed by atoms with Gasteiger partial charge in [-0.05, 0) is 39.4 Å². The van der Waals surface area contributed by atoms with Crippen LogP contribution in [0.4, 0.5) is 5.82 Å². The maximum absolute atomic E-state index is 12.6. The third kappa shape index (κ3) is 5.33. The second-order valence-electron chi connectivity index (χ2n) is 7.75. The quantitative estimate of drug-likeness (QED) is 0.555. The van der Waals surface area contributed by atoms with Crippen molar-refractivity contribution in [3.05, 3.63) is 35.1 Å². The van der Waals surface area contributed by atoms with Gasteiger partial charge in [-0.15, -0.1) is 11.3 Å². The number of anilines is 1. The maximum atomic E-state index is 12.6. The van der Waals surface area contributed by atoms with E-state index in [1.807, 2.05) is 25.3 Å². The molecule has 3 aromatic rings. The van der Waals surface area contributed by atoms with Gasteiger partial charge in [0, 0.05) is 48.9 Å². The summed E-state index contributed by atoms with van der Waals surface area (Å²) in [7, 11) is 0. The smallest absolute Gasteiger partial charge is 0.226 e. The highest BCUT2D eigenvalue weighted by Gasteiger charge is 2.22. The second-order valence-corrected chi connectivity index (χ2v) is 8.65. The van der Waals surface area contributed by atoms with Crippen LogP contribution in [0.3, 0.4) is 0 Å². The molecule has 1 atom stereocenters. The van der Waals surface area contributed by atoms with Gasteiger partial charge in [-0.2, -0.15) is 5.10 Å². The molecule has 2 N–H and O–H groups in total. The fourth-order valence-corrected chi connectivity index (χ4v) is 4.42. The fourth-order valence-electron chi connectivity index (χ4n) is 3.85. The van der Waals surface area contributed by atoms with Crippen LogP contribution in [0.15, 0.2) is 23.7 Å². The number of hydrogen-bond acceptors (Lipinski definition) is 8. The average molecular weight is 441 g/mol. The van der Waals surface area contributed by atoms with Crippen molar-refractivity contribution in [2.24, 2.45) is 0 Å². The summed E-state index contributed by atoms with van der Waals surface area (Å²) in [5.74, 6) is 1.48.